The normalized spacial score (nSPS) is 11.2. The summed E-state index contributed by atoms with van der Waals surface area (Å²) in [7, 11) is -4.45. The highest BCUT2D eigenvalue weighted by Gasteiger charge is 2.06. The first-order chi connectivity index (χ1) is 5.88. The maximum absolute atomic E-state index is 10.3. The average Bonchev–Trinajstić information content (AvgIpc) is 1.94. The average molecular weight is 203 g/mol. The van der Waals surface area contributed by atoms with E-state index >= 15 is 0 Å². The van der Waals surface area contributed by atoms with Crippen LogP contribution in [0.1, 0.15) is 5.56 Å². The molecule has 5 nitrogen and oxygen atoms in total. The molecular weight excluding hydrogens is 194 g/mol. The van der Waals surface area contributed by atoms with E-state index in [1.807, 2.05) is 0 Å². The molecule has 0 aliphatic rings. The summed E-state index contributed by atoms with van der Waals surface area (Å²) < 4.78 is 33.2. The Balaban J connectivity index is 2.99. The molecule has 0 fully saturated rings. The van der Waals surface area contributed by atoms with E-state index in [4.69, 9.17) is 10.3 Å². The molecule has 0 atom stereocenters. The molecule has 0 aliphatic carbocycles. The van der Waals surface area contributed by atoms with Crippen LogP contribution < -0.4 is 9.92 Å². The van der Waals surface area contributed by atoms with Crippen molar-refractivity contribution in [3.8, 4) is 5.75 Å². The molecule has 0 saturated heterocycles. The number of anilines is 1. The smallest absolute Gasteiger partial charge is 0.399 e. The van der Waals surface area contributed by atoms with Crippen molar-refractivity contribution >= 4 is 16.1 Å². The molecule has 0 saturated carbocycles. The zero-order valence-corrected chi connectivity index (χ0v) is 7.71. The highest BCUT2D eigenvalue weighted by Crippen LogP contribution is 2.19. The van der Waals surface area contributed by atoms with Gasteiger partial charge in [0.15, 0.2) is 0 Å². The van der Waals surface area contributed by atoms with Crippen LogP contribution in [-0.4, -0.2) is 13.0 Å². The van der Waals surface area contributed by atoms with Gasteiger partial charge in [-0.3, -0.25) is 4.55 Å². The summed E-state index contributed by atoms with van der Waals surface area (Å²) in [5.74, 6) is 0.0363. The van der Waals surface area contributed by atoms with Gasteiger partial charge in [-0.1, -0.05) is 0 Å². The van der Waals surface area contributed by atoms with Crippen LogP contribution in [0.15, 0.2) is 18.2 Å². The molecule has 1 aromatic rings. The number of hydrogen-bond acceptors (Lipinski definition) is 4. The van der Waals surface area contributed by atoms with Gasteiger partial charge >= 0.3 is 10.4 Å². The predicted octanol–water partition coefficient (Wildman–Crippen LogP) is 0.759. The van der Waals surface area contributed by atoms with E-state index in [2.05, 4.69) is 4.18 Å². The van der Waals surface area contributed by atoms with Crippen LogP contribution in [0.4, 0.5) is 5.69 Å². The van der Waals surface area contributed by atoms with Crippen molar-refractivity contribution in [3.05, 3.63) is 23.8 Å². The topological polar surface area (TPSA) is 89.6 Å². The van der Waals surface area contributed by atoms with Crippen molar-refractivity contribution in [2.75, 3.05) is 5.73 Å². The predicted molar refractivity (Wildman–Crippen MR) is 47.8 cm³/mol. The molecule has 0 unspecified atom stereocenters. The van der Waals surface area contributed by atoms with Gasteiger partial charge in [0.2, 0.25) is 0 Å². The second-order valence-corrected chi connectivity index (χ2v) is 3.55. The lowest BCUT2D eigenvalue weighted by molar-refractivity contribution is 0.387. The van der Waals surface area contributed by atoms with E-state index in [1.54, 1.807) is 6.92 Å². The van der Waals surface area contributed by atoms with Crippen LogP contribution in [0.3, 0.4) is 0 Å². The SMILES string of the molecule is Cc1cc(OS(=O)(=O)O)ccc1N. The Bertz CT molecular complexity index is 413. The van der Waals surface area contributed by atoms with Gasteiger partial charge in [-0.25, -0.2) is 0 Å². The van der Waals surface area contributed by atoms with Gasteiger partial charge in [0.1, 0.15) is 5.75 Å². The van der Waals surface area contributed by atoms with Crippen molar-refractivity contribution in [1.29, 1.82) is 0 Å². The largest absolute Gasteiger partial charge is 0.446 e. The summed E-state index contributed by atoms with van der Waals surface area (Å²) in [6.07, 6.45) is 0. The first kappa shape index (κ1) is 9.82. The van der Waals surface area contributed by atoms with Gasteiger partial charge in [0.25, 0.3) is 0 Å². The monoisotopic (exact) mass is 203 g/mol. The lowest BCUT2D eigenvalue weighted by atomic mass is 10.2. The Morgan fingerprint density at radius 1 is 1.46 bits per heavy atom. The van der Waals surface area contributed by atoms with Crippen molar-refractivity contribution in [2.45, 2.75) is 6.92 Å². The van der Waals surface area contributed by atoms with Gasteiger partial charge in [-0.2, -0.15) is 8.42 Å². The van der Waals surface area contributed by atoms with Gasteiger partial charge in [-0.15, -0.1) is 0 Å². The molecule has 6 heteroatoms. The number of aryl methyl sites for hydroxylation is 1. The quantitative estimate of drug-likeness (QED) is 0.547. The molecule has 1 rings (SSSR count). The van der Waals surface area contributed by atoms with Crippen LogP contribution in [0.5, 0.6) is 5.75 Å². The van der Waals surface area contributed by atoms with E-state index in [9.17, 15) is 8.42 Å². The van der Waals surface area contributed by atoms with Crippen LogP contribution in [-0.2, 0) is 10.4 Å². The summed E-state index contributed by atoms with van der Waals surface area (Å²) in [6.45, 7) is 1.70. The third kappa shape index (κ3) is 2.92. The lowest BCUT2D eigenvalue weighted by Crippen LogP contribution is -2.06. The second-order valence-electron chi connectivity index (χ2n) is 2.53. The van der Waals surface area contributed by atoms with E-state index in [0.717, 1.165) is 0 Å². The van der Waals surface area contributed by atoms with Gasteiger partial charge in [0.05, 0.1) is 0 Å². The Kier molecular flexibility index (Phi) is 2.44. The Hall–Kier alpha value is -1.27. The minimum Gasteiger partial charge on any atom is -0.399 e. The lowest BCUT2D eigenvalue weighted by Gasteiger charge is -2.03. The van der Waals surface area contributed by atoms with Crippen molar-refractivity contribution in [1.82, 2.24) is 0 Å². The van der Waals surface area contributed by atoms with Crippen LogP contribution in [0, 0.1) is 6.92 Å². The highest BCUT2D eigenvalue weighted by molar-refractivity contribution is 7.81. The molecule has 0 amide bonds. The van der Waals surface area contributed by atoms with Crippen LogP contribution in [0.2, 0.25) is 0 Å². The van der Waals surface area contributed by atoms with E-state index in [1.165, 1.54) is 18.2 Å². The first-order valence-electron chi connectivity index (χ1n) is 3.41. The highest BCUT2D eigenvalue weighted by atomic mass is 32.3. The number of nitrogen functional groups attached to an aromatic ring is 1. The summed E-state index contributed by atoms with van der Waals surface area (Å²) in [5.41, 5.74) is 6.70. The number of nitrogens with two attached hydrogens (primary N) is 1. The third-order valence-corrected chi connectivity index (χ3v) is 1.85. The second kappa shape index (κ2) is 3.23. The molecule has 0 heterocycles. The fourth-order valence-electron chi connectivity index (χ4n) is 0.822. The zero-order chi connectivity index (χ0) is 10.1. The molecule has 1 aromatic carbocycles. The van der Waals surface area contributed by atoms with Gasteiger partial charge in [-0.05, 0) is 30.7 Å². The van der Waals surface area contributed by atoms with E-state index in [0.29, 0.717) is 11.3 Å². The molecule has 0 bridgehead atoms. The fraction of sp³-hybridized carbons (Fsp3) is 0.143. The Morgan fingerprint density at radius 2 is 2.08 bits per heavy atom. The van der Waals surface area contributed by atoms with Gasteiger partial charge < -0.3 is 9.92 Å². The van der Waals surface area contributed by atoms with Crippen LogP contribution in [0.25, 0.3) is 0 Å². The van der Waals surface area contributed by atoms with Crippen molar-refractivity contribution in [2.24, 2.45) is 0 Å². The summed E-state index contributed by atoms with van der Waals surface area (Å²) in [6, 6.07) is 4.27. The molecule has 0 aromatic heterocycles. The third-order valence-electron chi connectivity index (χ3n) is 1.44. The molecule has 3 N–H and O–H groups in total. The van der Waals surface area contributed by atoms with Crippen molar-refractivity contribution in [3.63, 3.8) is 0 Å². The number of benzene rings is 1. The maximum atomic E-state index is 10.3. The fourth-order valence-corrected chi connectivity index (χ4v) is 1.17. The van der Waals surface area contributed by atoms with E-state index < -0.39 is 10.4 Å². The number of rotatable bonds is 2. The Labute approximate surface area is 76.1 Å². The van der Waals surface area contributed by atoms with Gasteiger partial charge in [0, 0.05) is 5.69 Å². The standard InChI is InChI=1S/C7H9NO4S/c1-5-4-6(2-3-7(5)8)12-13(9,10)11/h2-4H,8H2,1H3,(H,9,10,11). The molecule has 0 aliphatic heterocycles. The maximum Gasteiger partial charge on any atom is 0.446 e. The molecule has 0 spiro atoms. The minimum atomic E-state index is -4.45. The molecule has 72 valence electrons. The Morgan fingerprint density at radius 3 is 2.54 bits per heavy atom. The summed E-state index contributed by atoms with van der Waals surface area (Å²) in [5, 5.41) is 0. The summed E-state index contributed by atoms with van der Waals surface area (Å²) in [4.78, 5) is 0. The molecule has 13 heavy (non-hydrogen) atoms. The summed E-state index contributed by atoms with van der Waals surface area (Å²) >= 11 is 0. The van der Waals surface area contributed by atoms with E-state index in [-0.39, 0.29) is 5.75 Å². The zero-order valence-electron chi connectivity index (χ0n) is 6.89. The first-order valence-corrected chi connectivity index (χ1v) is 4.78. The van der Waals surface area contributed by atoms with Crippen molar-refractivity contribution < 1.29 is 17.2 Å². The molecular formula is C7H9NO4S. The molecule has 0 radical (unpaired) electrons. The minimum absolute atomic E-state index is 0.0363. The van der Waals surface area contributed by atoms with Crippen LogP contribution >= 0.6 is 0 Å². The number of hydrogen-bond donors (Lipinski definition) is 2.